The van der Waals surface area contributed by atoms with Crippen molar-refractivity contribution < 1.29 is 9.59 Å². The van der Waals surface area contributed by atoms with Crippen molar-refractivity contribution in [3.8, 4) is 0 Å². The maximum atomic E-state index is 12.8. The lowest BCUT2D eigenvalue weighted by atomic mass is 9.73. The molecule has 1 spiro atoms. The van der Waals surface area contributed by atoms with E-state index in [1.807, 2.05) is 28.9 Å². The Bertz CT molecular complexity index is 834. The van der Waals surface area contributed by atoms with Gasteiger partial charge in [-0.25, -0.2) is 0 Å². The number of nitrogens with zero attached hydrogens (tertiary/aromatic N) is 4. The highest BCUT2D eigenvalue weighted by atomic mass is 16.2. The van der Waals surface area contributed by atoms with Gasteiger partial charge in [-0.2, -0.15) is 5.10 Å². The van der Waals surface area contributed by atoms with Gasteiger partial charge in [-0.05, 0) is 49.9 Å². The fourth-order valence-electron chi connectivity index (χ4n) is 4.36. The number of carbonyl (C=O) groups excluding carboxylic acids is 2. The number of likely N-dealkylation sites (tertiary alicyclic amines) is 2. The standard InChI is InChI=1S/C20H25N5O2/c1-15-11-17(23-22-15)19(27)24-10-2-6-20(13-24)7-3-18(26)25(14-20)12-16-4-8-21-9-5-16/h4-5,8-9,11H,2-3,6-7,10,12-14H2,1H3,(H,22,23)/t20-/m0/s1. The first kappa shape index (κ1) is 17.7. The van der Waals surface area contributed by atoms with E-state index < -0.39 is 0 Å². The molecule has 2 aromatic heterocycles. The first-order valence-electron chi connectivity index (χ1n) is 9.53. The van der Waals surface area contributed by atoms with Crippen LogP contribution >= 0.6 is 0 Å². The summed E-state index contributed by atoms with van der Waals surface area (Å²) in [5, 5.41) is 6.96. The van der Waals surface area contributed by atoms with Crippen LogP contribution in [0.15, 0.2) is 30.6 Å². The Morgan fingerprint density at radius 2 is 2.07 bits per heavy atom. The van der Waals surface area contributed by atoms with Crippen LogP contribution in [0.25, 0.3) is 0 Å². The van der Waals surface area contributed by atoms with Gasteiger partial charge in [0.15, 0.2) is 0 Å². The van der Waals surface area contributed by atoms with Gasteiger partial charge in [-0.15, -0.1) is 0 Å². The Kier molecular flexibility index (Phi) is 4.68. The topological polar surface area (TPSA) is 82.2 Å². The van der Waals surface area contributed by atoms with Crippen LogP contribution in [0.1, 0.15) is 47.4 Å². The Morgan fingerprint density at radius 1 is 1.26 bits per heavy atom. The van der Waals surface area contributed by atoms with E-state index in [1.165, 1.54) is 0 Å². The second-order valence-electron chi connectivity index (χ2n) is 7.87. The predicted octanol–water partition coefficient (Wildman–Crippen LogP) is 2.16. The molecule has 0 aromatic carbocycles. The summed E-state index contributed by atoms with van der Waals surface area (Å²) in [6.07, 6.45) is 6.93. The van der Waals surface area contributed by atoms with Gasteiger partial charge in [0, 0.05) is 56.1 Å². The van der Waals surface area contributed by atoms with Crippen molar-refractivity contribution in [1.82, 2.24) is 25.0 Å². The Balaban J connectivity index is 1.48. The summed E-state index contributed by atoms with van der Waals surface area (Å²) in [6.45, 7) is 4.65. The van der Waals surface area contributed by atoms with Gasteiger partial charge < -0.3 is 9.80 Å². The van der Waals surface area contributed by atoms with Crippen molar-refractivity contribution in [2.45, 2.75) is 39.2 Å². The molecule has 7 nitrogen and oxygen atoms in total. The average molecular weight is 367 g/mol. The van der Waals surface area contributed by atoms with Crippen molar-refractivity contribution in [2.24, 2.45) is 5.41 Å². The fraction of sp³-hybridized carbons (Fsp3) is 0.500. The molecule has 7 heteroatoms. The molecule has 0 unspecified atom stereocenters. The average Bonchev–Trinajstić information content (AvgIpc) is 3.12. The van der Waals surface area contributed by atoms with Crippen LogP contribution in [0.4, 0.5) is 0 Å². The Labute approximate surface area is 158 Å². The quantitative estimate of drug-likeness (QED) is 0.901. The van der Waals surface area contributed by atoms with E-state index in [0.717, 1.165) is 37.1 Å². The molecule has 4 rings (SSSR count). The number of aromatic nitrogens is 3. The molecule has 0 bridgehead atoms. The van der Waals surface area contributed by atoms with Gasteiger partial charge in [0.25, 0.3) is 5.91 Å². The van der Waals surface area contributed by atoms with Gasteiger partial charge in [0.05, 0.1) is 0 Å². The molecule has 2 amide bonds. The molecule has 27 heavy (non-hydrogen) atoms. The highest BCUT2D eigenvalue weighted by Crippen LogP contribution is 2.39. The number of hydrogen-bond donors (Lipinski definition) is 1. The second kappa shape index (κ2) is 7.13. The van der Waals surface area contributed by atoms with Crippen molar-refractivity contribution in [2.75, 3.05) is 19.6 Å². The monoisotopic (exact) mass is 367 g/mol. The van der Waals surface area contributed by atoms with Crippen LogP contribution in [0.2, 0.25) is 0 Å². The molecule has 1 N–H and O–H groups in total. The number of rotatable bonds is 3. The summed E-state index contributed by atoms with van der Waals surface area (Å²) >= 11 is 0. The maximum absolute atomic E-state index is 12.8. The second-order valence-corrected chi connectivity index (χ2v) is 7.87. The molecule has 2 aromatic rings. The molecule has 2 saturated heterocycles. The lowest BCUT2D eigenvalue weighted by Gasteiger charge is -2.48. The van der Waals surface area contributed by atoms with E-state index in [-0.39, 0.29) is 17.2 Å². The molecule has 0 radical (unpaired) electrons. The van der Waals surface area contributed by atoms with Gasteiger partial charge in [0.2, 0.25) is 5.91 Å². The number of carbonyl (C=O) groups is 2. The third kappa shape index (κ3) is 3.72. The molecule has 2 aliphatic rings. The summed E-state index contributed by atoms with van der Waals surface area (Å²) in [7, 11) is 0. The van der Waals surface area contributed by atoms with E-state index in [9.17, 15) is 9.59 Å². The van der Waals surface area contributed by atoms with Crippen molar-refractivity contribution >= 4 is 11.8 Å². The number of piperidine rings is 2. The number of amides is 2. The van der Waals surface area contributed by atoms with E-state index in [4.69, 9.17) is 0 Å². The SMILES string of the molecule is Cc1cc(C(=O)N2CCC[C@]3(CCC(=O)N(Cc4ccncc4)C3)C2)n[nH]1. The maximum Gasteiger partial charge on any atom is 0.274 e. The van der Waals surface area contributed by atoms with Crippen molar-refractivity contribution in [3.63, 3.8) is 0 Å². The van der Waals surface area contributed by atoms with E-state index in [0.29, 0.717) is 31.7 Å². The molecule has 1 atom stereocenters. The van der Waals surface area contributed by atoms with E-state index >= 15 is 0 Å². The minimum Gasteiger partial charge on any atom is -0.338 e. The molecule has 2 aliphatic heterocycles. The molecule has 142 valence electrons. The fourth-order valence-corrected chi connectivity index (χ4v) is 4.36. The highest BCUT2D eigenvalue weighted by Gasteiger charge is 2.43. The smallest absolute Gasteiger partial charge is 0.274 e. The lowest BCUT2D eigenvalue weighted by molar-refractivity contribution is -0.139. The number of H-pyrrole nitrogens is 1. The van der Waals surface area contributed by atoms with Crippen LogP contribution in [-0.2, 0) is 11.3 Å². The van der Waals surface area contributed by atoms with Crippen LogP contribution in [0.3, 0.4) is 0 Å². The largest absolute Gasteiger partial charge is 0.338 e. The first-order valence-corrected chi connectivity index (χ1v) is 9.53. The summed E-state index contributed by atoms with van der Waals surface area (Å²) in [6, 6.07) is 5.69. The number of nitrogens with one attached hydrogen (secondary N) is 1. The minimum absolute atomic E-state index is 0.0137. The Hall–Kier alpha value is -2.70. The molecular weight excluding hydrogens is 342 g/mol. The van der Waals surface area contributed by atoms with E-state index in [2.05, 4.69) is 15.2 Å². The third-order valence-corrected chi connectivity index (χ3v) is 5.74. The van der Waals surface area contributed by atoms with Gasteiger partial charge >= 0.3 is 0 Å². The normalized spacial score (nSPS) is 23.1. The van der Waals surface area contributed by atoms with Crippen LogP contribution in [0, 0.1) is 12.3 Å². The number of aromatic amines is 1. The number of aryl methyl sites for hydroxylation is 1. The van der Waals surface area contributed by atoms with Crippen LogP contribution < -0.4 is 0 Å². The summed E-state index contributed by atoms with van der Waals surface area (Å²) in [5.74, 6) is 0.180. The zero-order valence-electron chi connectivity index (χ0n) is 15.6. The van der Waals surface area contributed by atoms with E-state index in [1.54, 1.807) is 18.5 Å². The summed E-state index contributed by atoms with van der Waals surface area (Å²) in [5.41, 5.74) is 2.44. The molecule has 4 heterocycles. The Morgan fingerprint density at radius 3 is 2.81 bits per heavy atom. The minimum atomic E-state index is -0.0176. The summed E-state index contributed by atoms with van der Waals surface area (Å²) < 4.78 is 0. The molecular formula is C20H25N5O2. The third-order valence-electron chi connectivity index (χ3n) is 5.74. The first-order chi connectivity index (χ1) is 13.0. The number of pyridine rings is 1. The number of hydrogen-bond acceptors (Lipinski definition) is 4. The van der Waals surface area contributed by atoms with Crippen molar-refractivity contribution in [3.05, 3.63) is 47.5 Å². The van der Waals surface area contributed by atoms with Crippen molar-refractivity contribution in [1.29, 1.82) is 0 Å². The predicted molar refractivity (Wildman–Crippen MR) is 99.8 cm³/mol. The van der Waals surface area contributed by atoms with Gasteiger partial charge in [-0.3, -0.25) is 19.7 Å². The highest BCUT2D eigenvalue weighted by molar-refractivity contribution is 5.92. The lowest BCUT2D eigenvalue weighted by Crippen LogP contribution is -2.54. The zero-order valence-corrected chi connectivity index (χ0v) is 15.6. The molecule has 0 aliphatic carbocycles. The van der Waals surface area contributed by atoms with Gasteiger partial charge in [-0.1, -0.05) is 0 Å². The molecule has 2 fully saturated rings. The summed E-state index contributed by atoms with van der Waals surface area (Å²) in [4.78, 5) is 33.2. The zero-order chi connectivity index (χ0) is 18.9. The van der Waals surface area contributed by atoms with Gasteiger partial charge in [0.1, 0.15) is 5.69 Å². The van der Waals surface area contributed by atoms with Crippen LogP contribution in [0.5, 0.6) is 0 Å². The van der Waals surface area contributed by atoms with Crippen LogP contribution in [-0.4, -0.2) is 56.4 Å². The molecule has 0 saturated carbocycles.